The van der Waals surface area contributed by atoms with Gasteiger partial charge in [-0.3, -0.25) is 9.69 Å². The summed E-state index contributed by atoms with van der Waals surface area (Å²) >= 11 is 0. The van der Waals surface area contributed by atoms with E-state index in [0.717, 1.165) is 5.56 Å². The molecule has 0 saturated carbocycles. The molecular formula is C13H17NO5S. The Morgan fingerprint density at radius 1 is 1.40 bits per heavy atom. The first-order valence-electron chi connectivity index (χ1n) is 6.30. The Kier molecular flexibility index (Phi) is 4.29. The van der Waals surface area contributed by atoms with Crippen molar-refractivity contribution in [3.63, 3.8) is 0 Å². The van der Waals surface area contributed by atoms with Crippen molar-refractivity contribution >= 4 is 15.8 Å². The van der Waals surface area contributed by atoms with Crippen LogP contribution in [-0.2, 0) is 21.2 Å². The molecule has 1 unspecified atom stereocenters. The standard InChI is InChI=1S/C13H17NO5S/c15-12-3-1-2-10(6-12)7-14(8-13(16)17)11-4-5-20(18,19)9-11/h1-3,6,11,15H,4-5,7-9H2,(H,16,17). The molecule has 1 saturated heterocycles. The fourth-order valence-corrected chi connectivity index (χ4v) is 4.20. The van der Waals surface area contributed by atoms with Gasteiger partial charge in [0.05, 0.1) is 18.1 Å². The summed E-state index contributed by atoms with van der Waals surface area (Å²) in [6.07, 6.45) is 0.453. The fraction of sp³-hybridized carbons (Fsp3) is 0.462. The van der Waals surface area contributed by atoms with Crippen LogP contribution >= 0.6 is 0 Å². The first-order chi connectivity index (χ1) is 9.35. The lowest BCUT2D eigenvalue weighted by Crippen LogP contribution is -2.39. The van der Waals surface area contributed by atoms with E-state index in [1.807, 2.05) is 0 Å². The summed E-state index contributed by atoms with van der Waals surface area (Å²) in [4.78, 5) is 12.6. The normalized spacial score (nSPS) is 21.1. The number of carboxylic acids is 1. The van der Waals surface area contributed by atoms with E-state index < -0.39 is 15.8 Å². The number of benzene rings is 1. The van der Waals surface area contributed by atoms with Crippen molar-refractivity contribution in [2.45, 2.75) is 19.0 Å². The summed E-state index contributed by atoms with van der Waals surface area (Å²) in [5.74, 6) is -0.779. The number of carbonyl (C=O) groups is 1. The summed E-state index contributed by atoms with van der Waals surface area (Å²) in [5, 5.41) is 18.4. The number of nitrogens with zero attached hydrogens (tertiary/aromatic N) is 1. The topological polar surface area (TPSA) is 94.9 Å². The van der Waals surface area contributed by atoms with Crippen LogP contribution in [0.1, 0.15) is 12.0 Å². The van der Waals surface area contributed by atoms with E-state index in [4.69, 9.17) is 5.11 Å². The second-order valence-corrected chi connectivity index (χ2v) is 7.25. The van der Waals surface area contributed by atoms with E-state index in [2.05, 4.69) is 0 Å². The number of phenols is 1. The molecule has 0 spiro atoms. The third-order valence-electron chi connectivity index (χ3n) is 3.36. The predicted molar refractivity (Wildman–Crippen MR) is 73.2 cm³/mol. The van der Waals surface area contributed by atoms with Gasteiger partial charge in [0, 0.05) is 12.6 Å². The van der Waals surface area contributed by atoms with Crippen LogP contribution < -0.4 is 0 Å². The molecule has 1 fully saturated rings. The molecule has 1 atom stereocenters. The highest BCUT2D eigenvalue weighted by Gasteiger charge is 2.33. The van der Waals surface area contributed by atoms with Crippen LogP contribution in [0, 0.1) is 0 Å². The number of phenolic OH excluding ortho intramolecular Hbond substituents is 1. The maximum absolute atomic E-state index is 11.5. The molecule has 1 aromatic carbocycles. The summed E-state index contributed by atoms with van der Waals surface area (Å²) in [7, 11) is -3.06. The molecule has 1 aromatic rings. The van der Waals surface area contributed by atoms with Crippen LogP contribution in [-0.4, -0.2) is 53.6 Å². The second-order valence-electron chi connectivity index (χ2n) is 5.03. The lowest BCUT2D eigenvalue weighted by Gasteiger charge is -2.26. The van der Waals surface area contributed by atoms with Gasteiger partial charge in [0.1, 0.15) is 5.75 Å². The smallest absolute Gasteiger partial charge is 0.317 e. The minimum atomic E-state index is -3.06. The zero-order valence-electron chi connectivity index (χ0n) is 10.9. The van der Waals surface area contributed by atoms with Crippen molar-refractivity contribution in [3.8, 4) is 5.75 Å². The highest BCUT2D eigenvalue weighted by molar-refractivity contribution is 7.91. The molecule has 0 radical (unpaired) electrons. The van der Waals surface area contributed by atoms with Crippen LogP contribution in [0.25, 0.3) is 0 Å². The summed E-state index contributed by atoms with van der Waals surface area (Å²) < 4.78 is 23.0. The largest absolute Gasteiger partial charge is 0.508 e. The average molecular weight is 299 g/mol. The third-order valence-corrected chi connectivity index (χ3v) is 5.11. The molecule has 0 amide bonds. The summed E-state index contributed by atoms with van der Waals surface area (Å²) in [6, 6.07) is 6.26. The minimum absolute atomic E-state index is 0.000897. The quantitative estimate of drug-likeness (QED) is 0.820. The zero-order valence-corrected chi connectivity index (χ0v) is 11.7. The maximum Gasteiger partial charge on any atom is 0.317 e. The Labute approximate surface area is 117 Å². The van der Waals surface area contributed by atoms with Crippen molar-refractivity contribution in [3.05, 3.63) is 29.8 Å². The molecule has 1 aliphatic rings. The molecular weight excluding hydrogens is 282 g/mol. The van der Waals surface area contributed by atoms with Crippen molar-refractivity contribution in [1.82, 2.24) is 4.90 Å². The SMILES string of the molecule is O=C(O)CN(Cc1cccc(O)c1)C1CCS(=O)(=O)C1. The van der Waals surface area contributed by atoms with Crippen LogP contribution in [0.5, 0.6) is 5.75 Å². The molecule has 0 bridgehead atoms. The lowest BCUT2D eigenvalue weighted by atomic mass is 10.1. The summed E-state index contributed by atoms with van der Waals surface area (Å²) in [6.45, 7) is 0.0940. The Hall–Kier alpha value is -1.60. The lowest BCUT2D eigenvalue weighted by molar-refractivity contribution is -0.139. The molecule has 2 rings (SSSR count). The van der Waals surface area contributed by atoms with E-state index in [1.54, 1.807) is 23.1 Å². The highest BCUT2D eigenvalue weighted by Crippen LogP contribution is 2.21. The van der Waals surface area contributed by atoms with E-state index in [1.165, 1.54) is 6.07 Å². The van der Waals surface area contributed by atoms with E-state index in [9.17, 15) is 18.3 Å². The Morgan fingerprint density at radius 2 is 2.15 bits per heavy atom. The molecule has 7 heteroatoms. The number of hydrogen-bond acceptors (Lipinski definition) is 5. The Bertz CT molecular complexity index is 599. The number of sulfone groups is 1. The predicted octanol–water partition coefficient (Wildman–Crippen LogP) is 0.466. The molecule has 6 nitrogen and oxygen atoms in total. The van der Waals surface area contributed by atoms with E-state index >= 15 is 0 Å². The second kappa shape index (κ2) is 5.80. The van der Waals surface area contributed by atoms with Crippen molar-refractivity contribution in [1.29, 1.82) is 0 Å². The fourth-order valence-electron chi connectivity index (χ4n) is 2.44. The molecule has 1 aliphatic heterocycles. The van der Waals surface area contributed by atoms with Crippen molar-refractivity contribution in [2.75, 3.05) is 18.1 Å². The van der Waals surface area contributed by atoms with Gasteiger partial charge in [0.25, 0.3) is 0 Å². The van der Waals surface area contributed by atoms with E-state index in [-0.39, 0.29) is 29.8 Å². The van der Waals surface area contributed by atoms with Gasteiger partial charge in [-0.2, -0.15) is 0 Å². The minimum Gasteiger partial charge on any atom is -0.508 e. The van der Waals surface area contributed by atoms with Gasteiger partial charge in [-0.25, -0.2) is 8.42 Å². The first-order valence-corrected chi connectivity index (χ1v) is 8.12. The van der Waals surface area contributed by atoms with Gasteiger partial charge < -0.3 is 10.2 Å². The van der Waals surface area contributed by atoms with Gasteiger partial charge in [0.15, 0.2) is 9.84 Å². The Morgan fingerprint density at radius 3 is 2.70 bits per heavy atom. The van der Waals surface area contributed by atoms with Crippen molar-refractivity contribution < 1.29 is 23.4 Å². The Balaban J connectivity index is 2.14. The van der Waals surface area contributed by atoms with Crippen LogP contribution in [0.15, 0.2) is 24.3 Å². The van der Waals surface area contributed by atoms with Crippen LogP contribution in [0.3, 0.4) is 0 Å². The number of carboxylic acid groups (broad SMARTS) is 1. The molecule has 2 N–H and O–H groups in total. The number of hydrogen-bond donors (Lipinski definition) is 2. The molecule has 0 aromatic heterocycles. The van der Waals surface area contributed by atoms with Crippen LogP contribution in [0.4, 0.5) is 0 Å². The number of rotatable bonds is 5. The first kappa shape index (κ1) is 14.8. The maximum atomic E-state index is 11.5. The van der Waals surface area contributed by atoms with E-state index in [0.29, 0.717) is 13.0 Å². The molecule has 20 heavy (non-hydrogen) atoms. The van der Waals surface area contributed by atoms with Gasteiger partial charge in [-0.1, -0.05) is 12.1 Å². The molecule has 1 heterocycles. The number of aromatic hydroxyl groups is 1. The summed E-state index contributed by atoms with van der Waals surface area (Å²) in [5.41, 5.74) is 0.760. The average Bonchev–Trinajstić information content (AvgIpc) is 2.68. The molecule has 0 aliphatic carbocycles. The third kappa shape index (κ3) is 3.94. The number of aliphatic carboxylic acids is 1. The van der Waals surface area contributed by atoms with Gasteiger partial charge >= 0.3 is 5.97 Å². The van der Waals surface area contributed by atoms with Gasteiger partial charge in [0.2, 0.25) is 0 Å². The zero-order chi connectivity index (χ0) is 14.8. The van der Waals surface area contributed by atoms with Gasteiger partial charge in [-0.05, 0) is 24.1 Å². The monoisotopic (exact) mass is 299 g/mol. The highest BCUT2D eigenvalue weighted by atomic mass is 32.2. The van der Waals surface area contributed by atoms with Crippen LogP contribution in [0.2, 0.25) is 0 Å². The van der Waals surface area contributed by atoms with Crippen molar-refractivity contribution in [2.24, 2.45) is 0 Å². The molecule has 110 valence electrons. The van der Waals surface area contributed by atoms with Gasteiger partial charge in [-0.15, -0.1) is 0 Å².